The monoisotopic (exact) mass is 700 g/mol. The highest BCUT2D eigenvalue weighted by molar-refractivity contribution is 5.92. The second kappa shape index (κ2) is 15.3. The van der Waals surface area contributed by atoms with Crippen molar-refractivity contribution >= 4 is 35.6 Å². The maximum Gasteiger partial charge on any atom is 0.338 e. The number of carbonyl (C=O) groups is 6. The van der Waals surface area contributed by atoms with Crippen LogP contribution in [0.2, 0.25) is 0 Å². The summed E-state index contributed by atoms with van der Waals surface area (Å²) in [6.45, 7) is 16.4. The van der Waals surface area contributed by atoms with Gasteiger partial charge < -0.3 is 33.9 Å². The number of Topliss-reactive ketones (excluding diaryl/α,β-unsaturated/α-hetero) is 1. The molecule has 0 radical (unpaired) electrons. The highest BCUT2D eigenvalue weighted by Gasteiger charge is 2.68. The Hall–Kier alpha value is -4.36. The van der Waals surface area contributed by atoms with Gasteiger partial charge in [0, 0.05) is 44.1 Å². The van der Waals surface area contributed by atoms with Crippen molar-refractivity contribution in [2.24, 2.45) is 23.2 Å². The van der Waals surface area contributed by atoms with Crippen LogP contribution in [0.5, 0.6) is 0 Å². The van der Waals surface area contributed by atoms with Crippen LogP contribution in [0.25, 0.3) is 0 Å². The minimum absolute atomic E-state index is 0.0639. The zero-order valence-electron chi connectivity index (χ0n) is 30.0. The van der Waals surface area contributed by atoms with E-state index in [-0.39, 0.29) is 11.1 Å². The molecule has 1 aromatic carbocycles. The number of rotatable bonds is 7. The number of ketones is 1. The van der Waals surface area contributed by atoms with Crippen molar-refractivity contribution in [2.75, 3.05) is 0 Å². The van der Waals surface area contributed by atoms with E-state index in [9.17, 15) is 39.0 Å². The van der Waals surface area contributed by atoms with E-state index in [1.807, 2.05) is 0 Å². The van der Waals surface area contributed by atoms with Crippen LogP contribution in [0, 0.1) is 23.2 Å². The topological polar surface area (TPSA) is 189 Å². The van der Waals surface area contributed by atoms with E-state index in [0.717, 1.165) is 20.8 Å². The molecule has 50 heavy (non-hydrogen) atoms. The van der Waals surface area contributed by atoms with Crippen molar-refractivity contribution in [2.45, 2.75) is 110 Å². The number of aliphatic hydroxyl groups is 2. The van der Waals surface area contributed by atoms with Gasteiger partial charge in [-0.2, -0.15) is 0 Å². The summed E-state index contributed by atoms with van der Waals surface area (Å²) in [5, 5.41) is 24.1. The molecule has 0 spiro atoms. The van der Waals surface area contributed by atoms with Gasteiger partial charge in [0.25, 0.3) is 0 Å². The second-order valence-electron chi connectivity index (χ2n) is 14.2. The van der Waals surface area contributed by atoms with Crippen LogP contribution in [-0.4, -0.2) is 87.6 Å². The molecule has 0 aromatic heterocycles. The molecule has 1 aromatic rings. The Morgan fingerprint density at radius 2 is 1.36 bits per heavy atom. The molecule has 0 aliphatic heterocycles. The molecule has 274 valence electrons. The van der Waals surface area contributed by atoms with Crippen LogP contribution in [0.4, 0.5) is 0 Å². The van der Waals surface area contributed by atoms with Gasteiger partial charge in [-0.15, -0.1) is 0 Å². The molecule has 1 fully saturated rings. The number of hydrogen-bond acceptors (Lipinski definition) is 13. The standard InChI is InChI=1S/C37H48O13/c1-19(2)33(42)49-27-21(4)28(50-34(43)25-14-12-11-13-15-25)29(46-22(5)38)32(48-24(7)40)35(8,9)17-16-20(3)30(41)37(45)18-36(10,44)31(26(27)37)47-23(6)39/h11-17,19-20,26-29,31-32,44-45H,4,18H2,1-3,5-10H3/b17-16+/t20-,26-,27-,28+,29+,31+,32+,36+,37+/m0/s1. The Bertz CT molecular complexity index is 1520. The maximum atomic E-state index is 14.3. The zero-order chi connectivity index (χ0) is 37.9. The van der Waals surface area contributed by atoms with Crippen molar-refractivity contribution in [1.82, 2.24) is 0 Å². The fourth-order valence-electron chi connectivity index (χ4n) is 6.62. The normalized spacial score (nSPS) is 33.2. The van der Waals surface area contributed by atoms with Gasteiger partial charge in [-0.05, 0) is 19.1 Å². The number of fused-ring (bicyclic) bond motifs is 1. The number of esters is 5. The molecule has 13 nitrogen and oxygen atoms in total. The van der Waals surface area contributed by atoms with Gasteiger partial charge in [0.1, 0.15) is 23.4 Å². The Balaban J connectivity index is 2.49. The van der Waals surface area contributed by atoms with E-state index < -0.39 is 107 Å². The average molecular weight is 701 g/mol. The maximum absolute atomic E-state index is 14.3. The fourth-order valence-corrected chi connectivity index (χ4v) is 6.62. The van der Waals surface area contributed by atoms with Gasteiger partial charge in [0.05, 0.1) is 17.4 Å². The lowest BCUT2D eigenvalue weighted by molar-refractivity contribution is -0.187. The molecule has 2 aliphatic rings. The molecular weight excluding hydrogens is 652 g/mol. The number of hydrogen-bond donors (Lipinski definition) is 2. The summed E-state index contributed by atoms with van der Waals surface area (Å²) >= 11 is 0. The van der Waals surface area contributed by atoms with Crippen LogP contribution < -0.4 is 0 Å². The van der Waals surface area contributed by atoms with Crippen molar-refractivity contribution in [1.29, 1.82) is 0 Å². The molecule has 9 atom stereocenters. The van der Waals surface area contributed by atoms with Gasteiger partial charge in [-0.3, -0.25) is 24.0 Å². The van der Waals surface area contributed by atoms with Crippen LogP contribution in [-0.2, 0) is 47.7 Å². The van der Waals surface area contributed by atoms with E-state index in [2.05, 4.69) is 6.58 Å². The van der Waals surface area contributed by atoms with Gasteiger partial charge in [0.2, 0.25) is 0 Å². The van der Waals surface area contributed by atoms with Crippen LogP contribution in [0.15, 0.2) is 54.6 Å². The fraction of sp³-hybridized carbons (Fsp3) is 0.568. The summed E-state index contributed by atoms with van der Waals surface area (Å²) < 4.78 is 29.1. The first-order chi connectivity index (χ1) is 23.0. The lowest BCUT2D eigenvalue weighted by atomic mass is 9.72. The van der Waals surface area contributed by atoms with Gasteiger partial charge in [-0.25, -0.2) is 4.79 Å². The first kappa shape index (κ1) is 40.1. The summed E-state index contributed by atoms with van der Waals surface area (Å²) in [4.78, 5) is 79.3. The van der Waals surface area contributed by atoms with Crippen LogP contribution >= 0.6 is 0 Å². The first-order valence-corrected chi connectivity index (χ1v) is 16.4. The Labute approximate surface area is 291 Å². The Morgan fingerprint density at radius 1 is 0.820 bits per heavy atom. The molecule has 1 saturated carbocycles. The SMILES string of the molecule is C=C1[C@@H](OC(=O)c2ccccc2)[C@@H](OC(C)=O)[C@@H](OC(C)=O)C(C)(C)/C=C/[C@H](C)C(=O)[C@@]2(O)C[C@@](C)(O)[C@H](OC(C)=O)[C@@H]2[C@H]1OC(=O)C(C)C. The third kappa shape index (κ3) is 8.67. The third-order valence-electron chi connectivity index (χ3n) is 9.01. The van der Waals surface area contributed by atoms with Crippen molar-refractivity contribution < 1.29 is 62.7 Å². The molecule has 2 aliphatic carbocycles. The summed E-state index contributed by atoms with van der Waals surface area (Å²) in [6.07, 6.45) is -6.05. The Morgan fingerprint density at radius 3 is 1.88 bits per heavy atom. The second-order valence-corrected chi connectivity index (χ2v) is 14.2. The lowest BCUT2D eigenvalue weighted by Gasteiger charge is -2.44. The van der Waals surface area contributed by atoms with E-state index in [4.69, 9.17) is 23.7 Å². The van der Waals surface area contributed by atoms with E-state index in [1.165, 1.54) is 52.0 Å². The number of benzene rings is 1. The van der Waals surface area contributed by atoms with Crippen LogP contribution in [0.1, 0.15) is 79.1 Å². The highest BCUT2D eigenvalue weighted by Crippen LogP contribution is 2.51. The number of ether oxygens (including phenoxy) is 5. The smallest absolute Gasteiger partial charge is 0.338 e. The van der Waals surface area contributed by atoms with E-state index in [0.29, 0.717) is 0 Å². The number of allylic oxidation sites excluding steroid dienone is 1. The van der Waals surface area contributed by atoms with Crippen molar-refractivity contribution in [3.63, 3.8) is 0 Å². The van der Waals surface area contributed by atoms with Crippen molar-refractivity contribution in [3.8, 4) is 0 Å². The summed E-state index contributed by atoms with van der Waals surface area (Å²) in [7, 11) is 0. The van der Waals surface area contributed by atoms with Gasteiger partial charge in [0.15, 0.2) is 24.1 Å². The number of carbonyl (C=O) groups excluding carboxylic acids is 6. The first-order valence-electron chi connectivity index (χ1n) is 16.4. The molecule has 0 heterocycles. The molecular formula is C37H48O13. The summed E-state index contributed by atoms with van der Waals surface area (Å²) in [6, 6.07) is 7.74. The molecule has 2 N–H and O–H groups in total. The van der Waals surface area contributed by atoms with Gasteiger partial charge in [-0.1, -0.05) is 71.5 Å². The van der Waals surface area contributed by atoms with Crippen molar-refractivity contribution in [3.05, 3.63) is 60.2 Å². The summed E-state index contributed by atoms with van der Waals surface area (Å²) in [5.74, 6) is -8.74. The average Bonchev–Trinajstić information content (AvgIpc) is 3.21. The third-order valence-corrected chi connectivity index (χ3v) is 9.01. The Kier molecular flexibility index (Phi) is 12.2. The molecule has 0 bridgehead atoms. The summed E-state index contributed by atoms with van der Waals surface area (Å²) in [5.41, 5.74) is -6.11. The van der Waals surface area contributed by atoms with Gasteiger partial charge >= 0.3 is 29.8 Å². The van der Waals surface area contributed by atoms with E-state index in [1.54, 1.807) is 32.0 Å². The highest BCUT2D eigenvalue weighted by atomic mass is 16.6. The largest absolute Gasteiger partial charge is 0.459 e. The molecule has 3 rings (SSSR count). The predicted octanol–water partition coefficient (Wildman–Crippen LogP) is 3.43. The molecule has 0 saturated heterocycles. The lowest BCUT2D eigenvalue weighted by Crippen LogP contribution is -2.58. The zero-order valence-corrected chi connectivity index (χ0v) is 30.0. The predicted molar refractivity (Wildman–Crippen MR) is 177 cm³/mol. The molecule has 13 heteroatoms. The quantitative estimate of drug-likeness (QED) is 0.239. The van der Waals surface area contributed by atoms with E-state index >= 15 is 0 Å². The minimum Gasteiger partial charge on any atom is -0.459 e. The van der Waals surface area contributed by atoms with Crippen LogP contribution in [0.3, 0.4) is 0 Å². The molecule has 0 unspecified atom stereocenters. The molecule has 0 amide bonds. The minimum atomic E-state index is -2.53.